The van der Waals surface area contributed by atoms with Crippen molar-refractivity contribution in [3.8, 4) is 12.3 Å². The normalized spacial score (nSPS) is 12.4. The SMILES string of the molecule is C#CC(C)[n+]1cc(N)c[nH]1. The van der Waals surface area contributed by atoms with Gasteiger partial charge < -0.3 is 5.73 Å². The number of nitrogens with one attached hydrogen (secondary N) is 1. The lowest BCUT2D eigenvalue weighted by atomic mass is 10.4. The van der Waals surface area contributed by atoms with Crippen molar-refractivity contribution in [1.82, 2.24) is 5.10 Å². The first kappa shape index (κ1) is 6.69. The van der Waals surface area contributed by atoms with Crippen LogP contribution >= 0.6 is 0 Å². The first-order valence-electron chi connectivity index (χ1n) is 3.05. The van der Waals surface area contributed by atoms with Crippen molar-refractivity contribution in [3.63, 3.8) is 0 Å². The van der Waals surface area contributed by atoms with Crippen molar-refractivity contribution >= 4 is 5.69 Å². The zero-order chi connectivity index (χ0) is 7.56. The van der Waals surface area contributed by atoms with Crippen molar-refractivity contribution in [2.24, 2.45) is 0 Å². The average Bonchev–Trinajstić information content (AvgIpc) is 2.34. The molecule has 52 valence electrons. The maximum Gasteiger partial charge on any atom is 0.238 e. The molecule has 0 amide bonds. The second-order valence-corrected chi connectivity index (χ2v) is 2.15. The number of terminal acetylenes is 1. The smallest absolute Gasteiger partial charge is 0.238 e. The molecule has 0 saturated carbocycles. The summed E-state index contributed by atoms with van der Waals surface area (Å²) in [6, 6.07) is 0.0392. The number of aromatic nitrogens is 2. The predicted octanol–water partition coefficient (Wildman–Crippen LogP) is 0.0786. The molecule has 3 nitrogen and oxygen atoms in total. The lowest BCUT2D eigenvalue weighted by molar-refractivity contribution is -0.758. The summed E-state index contributed by atoms with van der Waals surface area (Å²) in [4.78, 5) is 0. The summed E-state index contributed by atoms with van der Waals surface area (Å²) < 4.78 is 1.77. The molecule has 0 aliphatic rings. The number of rotatable bonds is 1. The molecule has 10 heavy (non-hydrogen) atoms. The zero-order valence-electron chi connectivity index (χ0n) is 5.83. The summed E-state index contributed by atoms with van der Waals surface area (Å²) in [5, 5.41) is 2.91. The van der Waals surface area contributed by atoms with Crippen LogP contribution in [0.25, 0.3) is 0 Å². The largest absolute Gasteiger partial charge is 0.392 e. The van der Waals surface area contributed by atoms with E-state index in [-0.39, 0.29) is 6.04 Å². The van der Waals surface area contributed by atoms with E-state index in [0.717, 1.165) is 0 Å². The fourth-order valence-electron chi connectivity index (χ4n) is 0.688. The van der Waals surface area contributed by atoms with Crippen LogP contribution in [0.1, 0.15) is 13.0 Å². The standard InChI is InChI=1S/C7H9N3/c1-3-6(2)10-5-7(8)4-9-10/h1,4-6H,8H2,2H3/p+1. The molecule has 1 unspecified atom stereocenters. The Balaban J connectivity index is 2.87. The van der Waals surface area contributed by atoms with Crippen molar-refractivity contribution in [2.75, 3.05) is 5.73 Å². The number of anilines is 1. The molecule has 0 aromatic carbocycles. The number of hydrogen-bond acceptors (Lipinski definition) is 1. The summed E-state index contributed by atoms with van der Waals surface area (Å²) in [6.45, 7) is 1.91. The Bertz CT molecular complexity index is 256. The van der Waals surface area contributed by atoms with Crippen LogP contribution in [-0.4, -0.2) is 5.10 Å². The monoisotopic (exact) mass is 136 g/mol. The Labute approximate surface area is 59.8 Å². The minimum absolute atomic E-state index is 0.0392. The van der Waals surface area contributed by atoms with Crippen molar-refractivity contribution in [3.05, 3.63) is 12.4 Å². The van der Waals surface area contributed by atoms with Gasteiger partial charge in [-0.15, -0.1) is 11.1 Å². The molecule has 0 fully saturated rings. The van der Waals surface area contributed by atoms with Gasteiger partial charge in [0.05, 0.1) is 6.20 Å². The molecule has 1 aromatic rings. The predicted molar refractivity (Wildman–Crippen MR) is 38.9 cm³/mol. The Morgan fingerprint density at radius 3 is 3.00 bits per heavy atom. The highest BCUT2D eigenvalue weighted by Crippen LogP contribution is 1.95. The van der Waals surface area contributed by atoms with Crippen LogP contribution in [0.3, 0.4) is 0 Å². The van der Waals surface area contributed by atoms with Crippen LogP contribution in [0.15, 0.2) is 12.4 Å². The van der Waals surface area contributed by atoms with E-state index in [2.05, 4.69) is 11.0 Å². The van der Waals surface area contributed by atoms with Crippen LogP contribution in [-0.2, 0) is 0 Å². The molecular formula is C7H10N3+. The van der Waals surface area contributed by atoms with E-state index in [0.29, 0.717) is 5.69 Å². The van der Waals surface area contributed by atoms with Gasteiger partial charge in [0, 0.05) is 6.92 Å². The van der Waals surface area contributed by atoms with Crippen molar-refractivity contribution in [2.45, 2.75) is 13.0 Å². The van der Waals surface area contributed by atoms with Crippen LogP contribution in [0.5, 0.6) is 0 Å². The molecule has 0 bridgehead atoms. The van der Waals surface area contributed by atoms with E-state index < -0.39 is 0 Å². The Morgan fingerprint density at radius 1 is 1.90 bits per heavy atom. The zero-order valence-corrected chi connectivity index (χ0v) is 5.83. The fourth-order valence-corrected chi connectivity index (χ4v) is 0.688. The summed E-state index contributed by atoms with van der Waals surface area (Å²) >= 11 is 0. The number of hydrogen-bond donors (Lipinski definition) is 2. The molecule has 0 saturated heterocycles. The molecule has 1 atom stereocenters. The lowest BCUT2D eigenvalue weighted by Crippen LogP contribution is -2.37. The van der Waals surface area contributed by atoms with Crippen LogP contribution in [0.2, 0.25) is 0 Å². The quantitative estimate of drug-likeness (QED) is 0.417. The number of nitrogens with two attached hydrogens (primary N) is 1. The van der Waals surface area contributed by atoms with Gasteiger partial charge >= 0.3 is 0 Å². The van der Waals surface area contributed by atoms with Gasteiger partial charge in [-0.1, -0.05) is 0 Å². The summed E-state index contributed by atoms with van der Waals surface area (Å²) in [5.41, 5.74) is 6.15. The summed E-state index contributed by atoms with van der Waals surface area (Å²) in [5.74, 6) is 2.57. The summed E-state index contributed by atoms with van der Waals surface area (Å²) in [7, 11) is 0. The fraction of sp³-hybridized carbons (Fsp3) is 0.286. The Kier molecular flexibility index (Phi) is 1.63. The third kappa shape index (κ3) is 1.11. The van der Waals surface area contributed by atoms with Crippen LogP contribution < -0.4 is 10.4 Å². The van der Waals surface area contributed by atoms with E-state index in [4.69, 9.17) is 12.2 Å². The minimum atomic E-state index is 0.0392. The van der Waals surface area contributed by atoms with Gasteiger partial charge in [-0.05, 0) is 5.92 Å². The highest BCUT2D eigenvalue weighted by atomic mass is 15.3. The van der Waals surface area contributed by atoms with Gasteiger partial charge in [0.25, 0.3) is 0 Å². The van der Waals surface area contributed by atoms with Crippen LogP contribution in [0, 0.1) is 12.3 Å². The number of aromatic amines is 1. The molecule has 1 rings (SSSR count). The molecular weight excluding hydrogens is 126 g/mol. The molecule has 0 radical (unpaired) electrons. The maximum atomic E-state index is 5.45. The number of H-pyrrole nitrogens is 1. The first-order chi connectivity index (χ1) is 4.74. The van der Waals surface area contributed by atoms with E-state index in [1.807, 2.05) is 6.92 Å². The van der Waals surface area contributed by atoms with Crippen LogP contribution in [0.4, 0.5) is 5.69 Å². The van der Waals surface area contributed by atoms with Crippen molar-refractivity contribution < 1.29 is 4.68 Å². The van der Waals surface area contributed by atoms with E-state index in [1.165, 1.54) is 0 Å². The van der Waals surface area contributed by atoms with Gasteiger partial charge in [-0.3, -0.25) is 0 Å². The third-order valence-electron chi connectivity index (χ3n) is 1.33. The average molecular weight is 136 g/mol. The van der Waals surface area contributed by atoms with Gasteiger partial charge in [0.1, 0.15) is 5.69 Å². The highest BCUT2D eigenvalue weighted by Gasteiger charge is 2.09. The molecule has 0 aliphatic carbocycles. The van der Waals surface area contributed by atoms with Gasteiger partial charge in [0.15, 0.2) is 0 Å². The molecule has 1 aromatic heterocycles. The Morgan fingerprint density at radius 2 is 2.60 bits per heavy atom. The van der Waals surface area contributed by atoms with Gasteiger partial charge in [-0.25, -0.2) is 0 Å². The third-order valence-corrected chi connectivity index (χ3v) is 1.33. The molecule has 0 aliphatic heterocycles. The number of nitrogen functional groups attached to an aromatic ring is 1. The first-order valence-corrected chi connectivity index (χ1v) is 3.05. The van der Waals surface area contributed by atoms with Gasteiger partial charge in [-0.2, -0.15) is 5.10 Å². The number of nitrogens with zero attached hydrogens (tertiary/aromatic N) is 1. The van der Waals surface area contributed by atoms with Gasteiger partial charge in [0.2, 0.25) is 12.2 Å². The maximum absolute atomic E-state index is 5.45. The molecule has 3 heteroatoms. The molecule has 3 N–H and O–H groups in total. The van der Waals surface area contributed by atoms with Crippen molar-refractivity contribution in [1.29, 1.82) is 0 Å². The lowest BCUT2D eigenvalue weighted by Gasteiger charge is -1.90. The van der Waals surface area contributed by atoms with E-state index >= 15 is 0 Å². The Hall–Kier alpha value is -1.43. The second kappa shape index (κ2) is 2.44. The molecule has 1 heterocycles. The molecule has 0 spiro atoms. The minimum Gasteiger partial charge on any atom is -0.392 e. The summed E-state index contributed by atoms with van der Waals surface area (Å²) in [6.07, 6.45) is 8.65. The second-order valence-electron chi connectivity index (χ2n) is 2.15. The van der Waals surface area contributed by atoms with E-state index in [9.17, 15) is 0 Å². The highest BCUT2D eigenvalue weighted by molar-refractivity contribution is 5.27. The topological polar surface area (TPSA) is 45.7 Å². The van der Waals surface area contributed by atoms with E-state index in [1.54, 1.807) is 17.1 Å².